The van der Waals surface area contributed by atoms with Crippen molar-refractivity contribution in [3.63, 3.8) is 0 Å². The molecule has 23 heavy (non-hydrogen) atoms. The molecule has 2 heterocycles. The van der Waals surface area contributed by atoms with Crippen molar-refractivity contribution in [2.45, 2.75) is 19.4 Å². The third kappa shape index (κ3) is 3.51. The van der Waals surface area contributed by atoms with Crippen molar-refractivity contribution < 1.29 is 14.6 Å². The predicted molar refractivity (Wildman–Crippen MR) is 87.9 cm³/mol. The summed E-state index contributed by atoms with van der Waals surface area (Å²) in [7, 11) is 0. The minimum Gasteiger partial charge on any atom is -0.477 e. The number of ether oxygens (including phenoxy) is 1. The maximum Gasteiger partial charge on any atom is 0.354 e. The van der Waals surface area contributed by atoms with Gasteiger partial charge in [0.2, 0.25) is 0 Å². The van der Waals surface area contributed by atoms with E-state index in [0.717, 1.165) is 12.0 Å². The van der Waals surface area contributed by atoms with Gasteiger partial charge in [-0.05, 0) is 29.7 Å². The zero-order valence-electron chi connectivity index (χ0n) is 13.1. The maximum absolute atomic E-state index is 11.1. The number of hydrogen-bond acceptors (Lipinski definition) is 4. The van der Waals surface area contributed by atoms with Gasteiger partial charge in [-0.2, -0.15) is 0 Å². The van der Waals surface area contributed by atoms with E-state index < -0.39 is 5.97 Å². The Morgan fingerprint density at radius 3 is 2.78 bits per heavy atom. The van der Waals surface area contributed by atoms with Crippen molar-refractivity contribution in [3.8, 4) is 0 Å². The Bertz CT molecular complexity index is 685. The van der Waals surface area contributed by atoms with E-state index in [1.807, 2.05) is 6.07 Å². The van der Waals surface area contributed by atoms with Gasteiger partial charge in [0.15, 0.2) is 5.69 Å². The van der Waals surface area contributed by atoms with Crippen LogP contribution in [-0.4, -0.2) is 35.8 Å². The number of carboxylic acid groups (broad SMARTS) is 1. The molecule has 0 aliphatic carbocycles. The molecule has 1 N–H and O–H groups in total. The van der Waals surface area contributed by atoms with Crippen LogP contribution in [0.1, 0.15) is 34.6 Å². The molecule has 0 saturated carbocycles. The van der Waals surface area contributed by atoms with Crippen molar-refractivity contribution in [1.82, 2.24) is 4.98 Å². The highest BCUT2D eigenvalue weighted by Gasteiger charge is 2.23. The van der Waals surface area contributed by atoms with Crippen LogP contribution in [0.15, 0.2) is 42.5 Å². The lowest BCUT2D eigenvalue weighted by atomic mass is 10.0. The first kappa shape index (κ1) is 15.5. The molecular weight excluding hydrogens is 292 g/mol. The van der Waals surface area contributed by atoms with E-state index in [4.69, 9.17) is 9.84 Å². The van der Waals surface area contributed by atoms with Crippen molar-refractivity contribution in [2.75, 3.05) is 24.6 Å². The molecule has 1 aromatic heterocycles. The summed E-state index contributed by atoms with van der Waals surface area (Å²) < 4.78 is 5.88. The monoisotopic (exact) mass is 312 g/mol. The van der Waals surface area contributed by atoms with Gasteiger partial charge in [-0.15, -0.1) is 0 Å². The Kier molecular flexibility index (Phi) is 4.57. The number of anilines is 1. The zero-order valence-corrected chi connectivity index (χ0v) is 13.1. The first-order valence-corrected chi connectivity index (χ1v) is 7.83. The molecule has 0 amide bonds. The highest BCUT2D eigenvalue weighted by molar-refractivity contribution is 5.85. The minimum atomic E-state index is -1.01. The summed E-state index contributed by atoms with van der Waals surface area (Å²) >= 11 is 0. The van der Waals surface area contributed by atoms with Gasteiger partial charge in [0, 0.05) is 13.1 Å². The smallest absolute Gasteiger partial charge is 0.354 e. The third-order valence-electron chi connectivity index (χ3n) is 4.10. The molecule has 1 atom stereocenters. The van der Waals surface area contributed by atoms with E-state index in [1.54, 1.807) is 6.07 Å². The van der Waals surface area contributed by atoms with Crippen LogP contribution in [0.4, 0.5) is 5.82 Å². The van der Waals surface area contributed by atoms with Gasteiger partial charge in [-0.1, -0.05) is 37.3 Å². The summed E-state index contributed by atoms with van der Waals surface area (Å²) in [4.78, 5) is 17.4. The highest BCUT2D eigenvalue weighted by Crippen LogP contribution is 2.25. The summed E-state index contributed by atoms with van der Waals surface area (Å²) in [5, 5.41) is 9.08. The number of pyridine rings is 1. The number of benzene rings is 1. The number of aryl methyl sites for hydroxylation is 1. The van der Waals surface area contributed by atoms with E-state index in [-0.39, 0.29) is 11.8 Å². The van der Waals surface area contributed by atoms with E-state index in [0.29, 0.717) is 25.5 Å². The van der Waals surface area contributed by atoms with Crippen LogP contribution < -0.4 is 4.90 Å². The molecule has 1 aromatic carbocycles. The predicted octanol–water partition coefficient (Wildman–Crippen LogP) is 2.92. The van der Waals surface area contributed by atoms with Gasteiger partial charge >= 0.3 is 5.97 Å². The first-order chi connectivity index (χ1) is 11.2. The van der Waals surface area contributed by atoms with Crippen LogP contribution in [-0.2, 0) is 11.2 Å². The third-order valence-corrected chi connectivity index (χ3v) is 4.10. The topological polar surface area (TPSA) is 62.7 Å². The zero-order chi connectivity index (χ0) is 16.2. The second kappa shape index (κ2) is 6.79. The fraction of sp³-hybridized carbons (Fsp3) is 0.333. The summed E-state index contributed by atoms with van der Waals surface area (Å²) in [5.41, 5.74) is 2.51. The Morgan fingerprint density at radius 1 is 1.30 bits per heavy atom. The van der Waals surface area contributed by atoms with Crippen molar-refractivity contribution >= 4 is 11.8 Å². The molecule has 5 nitrogen and oxygen atoms in total. The van der Waals surface area contributed by atoms with Crippen LogP contribution in [0.5, 0.6) is 0 Å². The summed E-state index contributed by atoms with van der Waals surface area (Å²) in [5.74, 6) is -0.324. The van der Waals surface area contributed by atoms with Crippen molar-refractivity contribution in [2.24, 2.45) is 0 Å². The van der Waals surface area contributed by atoms with Crippen LogP contribution >= 0.6 is 0 Å². The van der Waals surface area contributed by atoms with E-state index >= 15 is 0 Å². The molecule has 0 spiro atoms. The van der Waals surface area contributed by atoms with Crippen LogP contribution in [0.2, 0.25) is 0 Å². The quantitative estimate of drug-likeness (QED) is 0.940. The Balaban J connectivity index is 1.77. The number of aromatic nitrogens is 1. The molecule has 1 fully saturated rings. The average Bonchev–Trinajstić information content (AvgIpc) is 2.62. The second-order valence-electron chi connectivity index (χ2n) is 5.59. The number of carboxylic acids is 1. The molecule has 2 aromatic rings. The fourth-order valence-corrected chi connectivity index (χ4v) is 2.75. The van der Waals surface area contributed by atoms with E-state index in [2.05, 4.69) is 41.1 Å². The normalized spacial score (nSPS) is 18.0. The number of rotatable bonds is 4. The van der Waals surface area contributed by atoms with Gasteiger partial charge in [0.1, 0.15) is 11.9 Å². The SMILES string of the molecule is CCc1ccc(C2CN(c3cccc(C(=O)O)n3)CCO2)cc1. The molecule has 0 radical (unpaired) electrons. The molecule has 1 saturated heterocycles. The van der Waals surface area contributed by atoms with Crippen molar-refractivity contribution in [3.05, 3.63) is 59.3 Å². The Labute approximate surface area is 135 Å². The molecule has 5 heteroatoms. The van der Waals surface area contributed by atoms with Gasteiger partial charge in [-0.25, -0.2) is 9.78 Å². The lowest BCUT2D eigenvalue weighted by molar-refractivity contribution is 0.0395. The van der Waals surface area contributed by atoms with Crippen LogP contribution in [0, 0.1) is 0 Å². The highest BCUT2D eigenvalue weighted by atomic mass is 16.5. The van der Waals surface area contributed by atoms with Crippen LogP contribution in [0.3, 0.4) is 0 Å². The van der Waals surface area contributed by atoms with E-state index in [9.17, 15) is 4.79 Å². The fourth-order valence-electron chi connectivity index (χ4n) is 2.75. The summed E-state index contributed by atoms with van der Waals surface area (Å²) in [6.07, 6.45) is 0.994. The number of nitrogens with zero attached hydrogens (tertiary/aromatic N) is 2. The Hall–Kier alpha value is -2.40. The molecule has 0 bridgehead atoms. The molecule has 1 aliphatic rings. The van der Waals surface area contributed by atoms with Gasteiger partial charge in [-0.3, -0.25) is 0 Å². The minimum absolute atomic E-state index is 0.0232. The largest absolute Gasteiger partial charge is 0.477 e. The lowest BCUT2D eigenvalue weighted by Gasteiger charge is -2.34. The van der Waals surface area contributed by atoms with Crippen molar-refractivity contribution in [1.29, 1.82) is 0 Å². The van der Waals surface area contributed by atoms with Gasteiger partial charge in [0.25, 0.3) is 0 Å². The summed E-state index contributed by atoms with van der Waals surface area (Å²) in [6.45, 7) is 4.11. The average molecular weight is 312 g/mol. The number of aromatic carboxylic acids is 1. The number of morpholine rings is 1. The lowest BCUT2D eigenvalue weighted by Crippen LogP contribution is -2.39. The molecule has 120 valence electrons. The first-order valence-electron chi connectivity index (χ1n) is 7.83. The van der Waals surface area contributed by atoms with E-state index in [1.165, 1.54) is 11.6 Å². The standard InChI is InChI=1S/C18H20N2O3/c1-2-13-6-8-14(9-7-13)16-12-20(10-11-23-16)17-5-3-4-15(19-17)18(21)22/h3-9,16H,2,10-12H2,1H3,(H,21,22). The number of hydrogen-bond donors (Lipinski definition) is 1. The molecule has 3 rings (SSSR count). The summed E-state index contributed by atoms with van der Waals surface area (Å²) in [6, 6.07) is 13.5. The molecular formula is C18H20N2O3. The van der Waals surface area contributed by atoms with Crippen LogP contribution in [0.25, 0.3) is 0 Å². The second-order valence-corrected chi connectivity index (χ2v) is 5.59. The molecule has 1 unspecified atom stereocenters. The maximum atomic E-state index is 11.1. The number of carbonyl (C=O) groups is 1. The van der Waals surface area contributed by atoms with Gasteiger partial charge in [0.05, 0.1) is 6.61 Å². The van der Waals surface area contributed by atoms with Gasteiger partial charge < -0.3 is 14.7 Å². The Morgan fingerprint density at radius 2 is 2.09 bits per heavy atom. The molecule has 1 aliphatic heterocycles.